The van der Waals surface area contributed by atoms with Gasteiger partial charge in [-0.1, -0.05) is 168 Å². The largest absolute Gasteiger partial charge is 0.472 e. The van der Waals surface area contributed by atoms with E-state index in [0.717, 1.165) is 38.5 Å². The molecule has 0 aromatic carbocycles. The smallest absolute Gasteiger partial charge is 0.391 e. The van der Waals surface area contributed by atoms with E-state index in [1.54, 1.807) is 0 Å². The second-order valence-corrected chi connectivity index (χ2v) is 16.5. The fourth-order valence-corrected chi connectivity index (χ4v) is 6.60. The van der Waals surface area contributed by atoms with E-state index in [0.29, 0.717) is 23.9 Å². The second kappa shape index (κ2) is 31.5. The minimum Gasteiger partial charge on any atom is -0.391 e. The highest BCUT2D eigenvalue weighted by Gasteiger charge is 2.28. The molecule has 0 aromatic heterocycles. The van der Waals surface area contributed by atoms with Gasteiger partial charge in [0.15, 0.2) is 0 Å². The van der Waals surface area contributed by atoms with Crippen molar-refractivity contribution in [1.29, 1.82) is 0 Å². The van der Waals surface area contributed by atoms with Gasteiger partial charge in [0.25, 0.3) is 0 Å². The highest BCUT2D eigenvalue weighted by Crippen LogP contribution is 2.43. The summed E-state index contributed by atoms with van der Waals surface area (Å²) in [5, 5.41) is 13.9. The molecule has 0 saturated heterocycles. The van der Waals surface area contributed by atoms with Crippen molar-refractivity contribution in [3.8, 4) is 0 Å². The van der Waals surface area contributed by atoms with E-state index < -0.39 is 20.0 Å². The van der Waals surface area contributed by atoms with Crippen molar-refractivity contribution < 1.29 is 32.9 Å². The maximum Gasteiger partial charge on any atom is 0.472 e. The highest BCUT2D eigenvalue weighted by molar-refractivity contribution is 7.47. The molecule has 0 aliphatic heterocycles. The van der Waals surface area contributed by atoms with Crippen molar-refractivity contribution in [2.75, 3.05) is 40.9 Å². The van der Waals surface area contributed by atoms with Crippen molar-refractivity contribution in [3.63, 3.8) is 0 Å². The van der Waals surface area contributed by atoms with Gasteiger partial charge in [-0.05, 0) is 12.8 Å². The molecule has 0 aliphatic carbocycles. The first kappa shape index (κ1) is 46.5. The van der Waals surface area contributed by atoms with Gasteiger partial charge in [0, 0.05) is 6.42 Å². The Hall–Kier alpha value is -0.500. The van der Waals surface area contributed by atoms with Gasteiger partial charge in [-0.15, -0.1) is 0 Å². The van der Waals surface area contributed by atoms with Crippen molar-refractivity contribution in [2.45, 2.75) is 199 Å². The van der Waals surface area contributed by atoms with Gasteiger partial charge in [0.2, 0.25) is 5.91 Å². The average Bonchev–Trinajstić information content (AvgIpc) is 3.01. The van der Waals surface area contributed by atoms with E-state index in [1.807, 2.05) is 21.1 Å². The van der Waals surface area contributed by atoms with Crippen molar-refractivity contribution >= 4 is 13.7 Å². The minimum absolute atomic E-state index is 0.0781. The molecule has 47 heavy (non-hydrogen) atoms. The molecular weight excluding hydrogens is 611 g/mol. The lowest BCUT2D eigenvalue weighted by Crippen LogP contribution is -2.46. The van der Waals surface area contributed by atoms with E-state index in [4.69, 9.17) is 9.05 Å². The first-order valence-corrected chi connectivity index (χ1v) is 21.4. The third-order valence-electron chi connectivity index (χ3n) is 9.11. The summed E-state index contributed by atoms with van der Waals surface area (Å²) in [5.74, 6) is -0.146. The fraction of sp³-hybridized carbons (Fsp3) is 0.974. The van der Waals surface area contributed by atoms with Gasteiger partial charge in [-0.25, -0.2) is 4.57 Å². The first-order valence-electron chi connectivity index (χ1n) is 19.9. The number of amides is 1. The summed E-state index contributed by atoms with van der Waals surface area (Å²) in [6.45, 7) is 4.87. The molecule has 0 fully saturated rings. The van der Waals surface area contributed by atoms with Crippen LogP contribution in [0.2, 0.25) is 0 Å². The van der Waals surface area contributed by atoms with Crippen LogP contribution >= 0.6 is 7.82 Å². The third kappa shape index (κ3) is 33.8. The zero-order valence-electron chi connectivity index (χ0n) is 31.8. The van der Waals surface area contributed by atoms with Crippen LogP contribution in [0.15, 0.2) is 0 Å². The molecule has 3 N–H and O–H groups in total. The summed E-state index contributed by atoms with van der Waals surface area (Å²) in [6.07, 6.45) is 31.2. The van der Waals surface area contributed by atoms with E-state index in [-0.39, 0.29) is 19.1 Å². The molecule has 0 aromatic rings. The van der Waals surface area contributed by atoms with Gasteiger partial charge in [0.1, 0.15) is 13.2 Å². The molecular formula is C38H80N2O6P+. The van der Waals surface area contributed by atoms with Gasteiger partial charge in [0.05, 0.1) is 39.9 Å². The number of unbranched alkanes of at least 4 members (excludes halogenated alkanes) is 23. The van der Waals surface area contributed by atoms with E-state index in [2.05, 4.69) is 19.2 Å². The van der Waals surface area contributed by atoms with Gasteiger partial charge in [-0.2, -0.15) is 0 Å². The summed E-state index contributed by atoms with van der Waals surface area (Å²) in [5.41, 5.74) is 0. The van der Waals surface area contributed by atoms with E-state index >= 15 is 0 Å². The number of likely N-dealkylation sites (N-methyl/N-ethyl adjacent to an activating group) is 1. The molecule has 1 amide bonds. The Morgan fingerprint density at radius 1 is 0.638 bits per heavy atom. The number of quaternary nitrogens is 1. The van der Waals surface area contributed by atoms with Crippen LogP contribution in [0.5, 0.6) is 0 Å². The number of rotatable bonds is 36. The molecule has 0 radical (unpaired) electrons. The molecule has 3 atom stereocenters. The SMILES string of the molecule is CCCCCCCCCCCCCCCCCC(O)C(COP(=O)(O)OCC[N+](C)(C)C)NC(=O)CCCCCCCCCCCC. The Bertz CT molecular complexity index is 748. The van der Waals surface area contributed by atoms with Crippen molar-refractivity contribution in [3.05, 3.63) is 0 Å². The van der Waals surface area contributed by atoms with Gasteiger partial charge in [-0.3, -0.25) is 13.8 Å². The van der Waals surface area contributed by atoms with Crippen LogP contribution in [0, 0.1) is 0 Å². The molecule has 0 spiro atoms. The third-order valence-corrected chi connectivity index (χ3v) is 10.1. The number of nitrogens with zero attached hydrogens (tertiary/aromatic N) is 1. The summed E-state index contributed by atoms with van der Waals surface area (Å²) < 4.78 is 23.5. The quantitative estimate of drug-likeness (QED) is 0.0343. The Balaban J connectivity index is 4.40. The lowest BCUT2D eigenvalue weighted by molar-refractivity contribution is -0.870. The summed E-state index contributed by atoms with van der Waals surface area (Å²) in [6, 6.07) is -0.750. The fourth-order valence-electron chi connectivity index (χ4n) is 5.87. The summed E-state index contributed by atoms with van der Waals surface area (Å²) >= 11 is 0. The summed E-state index contributed by atoms with van der Waals surface area (Å²) in [4.78, 5) is 23.0. The van der Waals surface area contributed by atoms with Crippen molar-refractivity contribution in [1.82, 2.24) is 5.32 Å². The lowest BCUT2D eigenvalue weighted by atomic mass is 10.0. The number of nitrogens with one attached hydrogen (secondary N) is 1. The molecule has 0 rings (SSSR count). The molecule has 0 aliphatic rings. The van der Waals surface area contributed by atoms with Crippen LogP contribution in [0.3, 0.4) is 0 Å². The van der Waals surface area contributed by atoms with Crippen LogP contribution in [0.25, 0.3) is 0 Å². The number of aliphatic hydroxyl groups excluding tert-OH is 1. The second-order valence-electron chi connectivity index (χ2n) is 15.0. The van der Waals surface area contributed by atoms with Crippen LogP contribution in [-0.4, -0.2) is 73.4 Å². The monoisotopic (exact) mass is 692 g/mol. The van der Waals surface area contributed by atoms with Crippen LogP contribution in [0.1, 0.15) is 187 Å². The Labute approximate surface area is 291 Å². The Morgan fingerprint density at radius 2 is 1.02 bits per heavy atom. The molecule has 0 heterocycles. The lowest BCUT2D eigenvalue weighted by Gasteiger charge is -2.26. The first-order chi connectivity index (χ1) is 22.5. The number of carbonyl (C=O) groups is 1. The van der Waals surface area contributed by atoms with Crippen LogP contribution in [0.4, 0.5) is 0 Å². The maximum absolute atomic E-state index is 12.8. The van der Waals surface area contributed by atoms with E-state index in [9.17, 15) is 19.4 Å². The predicted octanol–water partition coefficient (Wildman–Crippen LogP) is 10.2. The number of carbonyl (C=O) groups excluding carboxylic acids is 1. The Kier molecular flexibility index (Phi) is 31.1. The summed E-state index contributed by atoms with van der Waals surface area (Å²) in [7, 11) is 1.62. The number of hydrogen-bond donors (Lipinski definition) is 3. The van der Waals surface area contributed by atoms with Crippen LogP contribution < -0.4 is 5.32 Å². The topological polar surface area (TPSA) is 105 Å². The zero-order valence-corrected chi connectivity index (χ0v) is 32.7. The van der Waals surface area contributed by atoms with Crippen molar-refractivity contribution in [2.24, 2.45) is 0 Å². The molecule has 8 nitrogen and oxygen atoms in total. The normalized spacial score (nSPS) is 14.6. The van der Waals surface area contributed by atoms with E-state index in [1.165, 1.54) is 122 Å². The molecule has 0 saturated carbocycles. The average molecular weight is 692 g/mol. The number of aliphatic hydroxyl groups is 1. The minimum atomic E-state index is -4.30. The maximum atomic E-state index is 12.8. The molecule has 9 heteroatoms. The molecule has 3 unspecified atom stereocenters. The van der Waals surface area contributed by atoms with Crippen LogP contribution in [-0.2, 0) is 18.4 Å². The Morgan fingerprint density at radius 3 is 1.43 bits per heavy atom. The standard InChI is InChI=1S/C38H79N2O6P/c1-6-8-10-12-14-16-18-19-20-21-22-23-25-27-29-31-37(41)36(35-46-47(43,44)45-34-33-40(3,4)5)39-38(42)32-30-28-26-24-17-15-13-11-9-7-2/h36-37,41H,6-35H2,1-5H3,(H-,39,42,43,44)/p+1. The van der Waals surface area contributed by atoms with Gasteiger partial charge >= 0.3 is 7.82 Å². The zero-order chi connectivity index (χ0) is 35.1. The number of phosphoric ester groups is 1. The molecule has 282 valence electrons. The number of phosphoric acid groups is 1. The van der Waals surface area contributed by atoms with Gasteiger partial charge < -0.3 is 19.8 Å². The molecule has 0 bridgehead atoms. The number of hydrogen-bond acceptors (Lipinski definition) is 5. The highest BCUT2D eigenvalue weighted by atomic mass is 31.2. The predicted molar refractivity (Wildman–Crippen MR) is 199 cm³/mol.